The van der Waals surface area contributed by atoms with Gasteiger partial charge in [-0.25, -0.2) is 0 Å². The zero-order valence-electron chi connectivity index (χ0n) is 15.5. The number of carbonyl (C=O) groups is 2. The number of ether oxygens (including phenoxy) is 1. The number of ketones is 2. The Morgan fingerprint density at radius 2 is 1.36 bits per heavy atom. The van der Waals surface area contributed by atoms with E-state index in [0.29, 0.717) is 47.2 Å². The zero-order chi connectivity index (χ0) is 19.9. The van der Waals surface area contributed by atoms with Crippen molar-refractivity contribution in [3.8, 4) is 11.5 Å². The molecule has 0 spiro atoms. The van der Waals surface area contributed by atoms with E-state index < -0.39 is 0 Å². The summed E-state index contributed by atoms with van der Waals surface area (Å²) >= 11 is 12.9. The molecule has 0 radical (unpaired) electrons. The Balaban J connectivity index is 1.71. The van der Waals surface area contributed by atoms with Crippen LogP contribution in [0.4, 0.5) is 0 Å². The average Bonchev–Trinajstić information content (AvgIpc) is 2.71. The van der Waals surface area contributed by atoms with Crippen molar-refractivity contribution in [2.75, 3.05) is 11.8 Å². The number of Topliss-reactive ketones (excluding diaryl/α,β-unsaturated/α-hetero) is 2. The van der Waals surface area contributed by atoms with Crippen LogP contribution < -0.4 is 4.74 Å². The maximum absolute atomic E-state index is 12.3. The Morgan fingerprint density at radius 1 is 0.750 bits per heavy atom. The number of benzene rings is 2. The number of alkyl halides is 2. The van der Waals surface area contributed by atoms with E-state index in [1.165, 1.54) is 0 Å². The fourth-order valence-corrected chi connectivity index (χ4v) is 4.33. The quantitative estimate of drug-likeness (QED) is 0.192. The summed E-state index contributed by atoms with van der Waals surface area (Å²) in [6, 6.07) is 11.1. The van der Waals surface area contributed by atoms with Gasteiger partial charge in [0, 0.05) is 35.7 Å². The second-order valence-electron chi connectivity index (χ2n) is 6.67. The van der Waals surface area contributed by atoms with Crippen molar-refractivity contribution in [1.29, 1.82) is 0 Å². The van der Waals surface area contributed by atoms with E-state index in [4.69, 9.17) is 27.9 Å². The predicted octanol–water partition coefficient (Wildman–Crippen LogP) is 7.13. The second-order valence-corrected chi connectivity index (χ2v) is 8.51. The summed E-state index contributed by atoms with van der Waals surface area (Å²) in [6.07, 6.45) is 4.27. The topological polar surface area (TPSA) is 43.4 Å². The molecule has 148 valence electrons. The molecule has 0 unspecified atom stereocenters. The molecule has 0 aromatic heterocycles. The number of halogens is 2. The van der Waals surface area contributed by atoms with Gasteiger partial charge in [0.15, 0.2) is 11.6 Å². The van der Waals surface area contributed by atoms with Gasteiger partial charge >= 0.3 is 0 Å². The van der Waals surface area contributed by atoms with Gasteiger partial charge in [-0.15, -0.1) is 23.2 Å². The maximum Gasteiger partial charge on any atom is 0.163 e. The van der Waals surface area contributed by atoms with Crippen molar-refractivity contribution in [1.82, 2.24) is 0 Å². The molecule has 0 N–H and O–H groups in total. The number of fused-ring (bicyclic) bond motifs is 2. The van der Waals surface area contributed by atoms with Crippen LogP contribution >= 0.6 is 35.0 Å². The molecule has 28 heavy (non-hydrogen) atoms. The van der Waals surface area contributed by atoms with E-state index in [1.807, 2.05) is 24.3 Å². The Kier molecular flexibility index (Phi) is 7.83. The van der Waals surface area contributed by atoms with E-state index in [2.05, 4.69) is 0 Å². The Hall–Kier alpha value is -1.49. The third kappa shape index (κ3) is 5.31. The van der Waals surface area contributed by atoms with Gasteiger partial charge in [-0.2, -0.15) is 0 Å². The highest BCUT2D eigenvalue weighted by atomic mass is 35.5. The van der Waals surface area contributed by atoms with Crippen LogP contribution in [0.3, 0.4) is 0 Å². The number of rotatable bonds is 10. The molecule has 1 aliphatic heterocycles. The fraction of sp³-hybridized carbons (Fsp3) is 0.364. The highest BCUT2D eigenvalue weighted by Crippen LogP contribution is 2.47. The van der Waals surface area contributed by atoms with Crippen molar-refractivity contribution >= 4 is 46.5 Å². The minimum Gasteiger partial charge on any atom is -0.455 e. The van der Waals surface area contributed by atoms with Crippen LogP contribution in [0.2, 0.25) is 0 Å². The van der Waals surface area contributed by atoms with Crippen molar-refractivity contribution in [2.45, 2.75) is 48.3 Å². The third-order valence-corrected chi connectivity index (χ3v) is 6.18. The summed E-state index contributed by atoms with van der Waals surface area (Å²) < 4.78 is 6.00. The van der Waals surface area contributed by atoms with Gasteiger partial charge in [0.1, 0.15) is 11.5 Å². The lowest BCUT2D eigenvalue weighted by molar-refractivity contribution is 0.0971. The van der Waals surface area contributed by atoms with Gasteiger partial charge < -0.3 is 4.74 Å². The maximum atomic E-state index is 12.3. The SMILES string of the molecule is O=C(CCCCCl)c1ccc2c(c1)Oc1ccc(C(=O)CCCCCl)cc1S2. The first-order chi connectivity index (χ1) is 13.6. The van der Waals surface area contributed by atoms with E-state index in [0.717, 1.165) is 35.5 Å². The van der Waals surface area contributed by atoms with Gasteiger partial charge in [0.05, 0.1) is 9.79 Å². The van der Waals surface area contributed by atoms with Crippen molar-refractivity contribution in [2.24, 2.45) is 0 Å². The Bertz CT molecular complexity index is 795. The van der Waals surface area contributed by atoms with Crippen molar-refractivity contribution in [3.63, 3.8) is 0 Å². The molecule has 2 aromatic rings. The summed E-state index contributed by atoms with van der Waals surface area (Å²) in [5.41, 5.74) is 1.35. The third-order valence-electron chi connectivity index (χ3n) is 4.55. The van der Waals surface area contributed by atoms with Crippen molar-refractivity contribution < 1.29 is 14.3 Å². The lowest BCUT2D eigenvalue weighted by Gasteiger charge is -2.20. The zero-order valence-corrected chi connectivity index (χ0v) is 17.8. The molecule has 0 saturated carbocycles. The minimum absolute atomic E-state index is 0.102. The highest BCUT2D eigenvalue weighted by Gasteiger charge is 2.21. The van der Waals surface area contributed by atoms with Gasteiger partial charge in [0.2, 0.25) is 0 Å². The number of unbranched alkanes of at least 4 members (excludes halogenated alkanes) is 2. The van der Waals surface area contributed by atoms with E-state index in [-0.39, 0.29) is 11.6 Å². The van der Waals surface area contributed by atoms with Gasteiger partial charge in [0.25, 0.3) is 0 Å². The van der Waals surface area contributed by atoms with Crippen molar-refractivity contribution in [3.05, 3.63) is 47.5 Å². The van der Waals surface area contributed by atoms with Gasteiger partial charge in [-0.1, -0.05) is 17.8 Å². The summed E-state index contributed by atoms with van der Waals surface area (Å²) in [7, 11) is 0. The van der Waals surface area contributed by atoms with Gasteiger partial charge in [-0.05, 0) is 56.0 Å². The smallest absolute Gasteiger partial charge is 0.163 e. The van der Waals surface area contributed by atoms with Gasteiger partial charge in [-0.3, -0.25) is 9.59 Å². The largest absolute Gasteiger partial charge is 0.455 e. The number of hydrogen-bond donors (Lipinski definition) is 0. The van der Waals surface area contributed by atoms with Crippen LogP contribution in [0.5, 0.6) is 11.5 Å². The summed E-state index contributed by atoms with van der Waals surface area (Å²) in [6.45, 7) is 0. The molecule has 0 aliphatic carbocycles. The van der Waals surface area contributed by atoms with Crippen LogP contribution in [-0.2, 0) is 0 Å². The molecule has 0 atom stereocenters. The Labute approximate surface area is 179 Å². The summed E-state index contributed by atoms with van der Waals surface area (Å²) in [4.78, 5) is 26.5. The molecule has 0 amide bonds. The molecular formula is C22H22Cl2O3S. The van der Waals surface area contributed by atoms with E-state index in [9.17, 15) is 9.59 Å². The standard InChI is InChI=1S/C22H22Cl2O3S/c23-11-3-1-5-17(25)15-8-10-21-20(13-15)27-19-9-7-16(14-22(19)28-21)18(26)6-2-4-12-24/h7-10,13-14H,1-6,11-12H2. The predicted molar refractivity (Wildman–Crippen MR) is 115 cm³/mol. The number of carbonyl (C=O) groups excluding carboxylic acids is 2. The molecule has 0 saturated heterocycles. The molecule has 0 bridgehead atoms. The first-order valence-corrected chi connectivity index (χ1v) is 11.3. The van der Waals surface area contributed by atoms with Crippen LogP contribution in [0.1, 0.15) is 59.2 Å². The highest BCUT2D eigenvalue weighted by molar-refractivity contribution is 7.99. The molecular weight excluding hydrogens is 415 g/mol. The van der Waals surface area contributed by atoms with Crippen LogP contribution in [0, 0.1) is 0 Å². The molecule has 2 aromatic carbocycles. The minimum atomic E-state index is 0.102. The number of hydrogen-bond acceptors (Lipinski definition) is 4. The summed E-state index contributed by atoms with van der Waals surface area (Å²) in [5, 5.41) is 0. The lowest BCUT2D eigenvalue weighted by atomic mass is 10.0. The molecule has 3 rings (SSSR count). The second kappa shape index (κ2) is 10.3. The molecule has 3 nitrogen and oxygen atoms in total. The molecule has 1 aliphatic rings. The van der Waals surface area contributed by atoms with E-state index >= 15 is 0 Å². The van der Waals surface area contributed by atoms with Crippen LogP contribution in [-0.4, -0.2) is 23.3 Å². The Morgan fingerprint density at radius 3 is 2.00 bits per heavy atom. The van der Waals surface area contributed by atoms with Crippen LogP contribution in [0.25, 0.3) is 0 Å². The summed E-state index contributed by atoms with van der Waals surface area (Å²) in [5.74, 6) is 2.77. The molecule has 1 heterocycles. The van der Waals surface area contributed by atoms with Crippen LogP contribution in [0.15, 0.2) is 46.2 Å². The molecule has 0 fully saturated rings. The lowest BCUT2D eigenvalue weighted by Crippen LogP contribution is -2.03. The monoisotopic (exact) mass is 436 g/mol. The van der Waals surface area contributed by atoms with E-state index in [1.54, 1.807) is 23.9 Å². The first-order valence-electron chi connectivity index (χ1n) is 9.44. The average molecular weight is 437 g/mol. The normalized spacial score (nSPS) is 12.1. The molecule has 6 heteroatoms. The fourth-order valence-electron chi connectivity index (χ4n) is 2.98. The first kappa shape index (κ1) is 21.2.